The summed E-state index contributed by atoms with van der Waals surface area (Å²) in [6, 6.07) is 14.0. The first-order chi connectivity index (χ1) is 22.1. The number of aromatic amines is 1. The minimum atomic E-state index is -0.951. The van der Waals surface area contributed by atoms with Gasteiger partial charge in [0.25, 0.3) is 0 Å². The number of imidazole rings is 1. The van der Waals surface area contributed by atoms with E-state index in [1.165, 1.54) is 11.7 Å². The number of nitrogens with one attached hydrogen (secondary N) is 2. The van der Waals surface area contributed by atoms with Crippen LogP contribution >= 0.6 is 0 Å². The number of aromatic nitrogens is 4. The predicted molar refractivity (Wildman–Crippen MR) is 175 cm³/mol. The minimum Gasteiger partial charge on any atom is -0.469 e. The predicted octanol–water partition coefficient (Wildman–Crippen LogP) is 3.04. The second-order valence-corrected chi connectivity index (χ2v) is 11.2. The highest BCUT2D eigenvalue weighted by Crippen LogP contribution is 2.24. The molecule has 4 rings (SSSR count). The highest BCUT2D eigenvalue weighted by atomic mass is 16.5. The molecular weight excluding hydrogens is 590 g/mol. The van der Waals surface area contributed by atoms with E-state index < -0.39 is 17.8 Å². The molecule has 13 heteroatoms. The molecule has 5 N–H and O–H groups in total. The number of carbonyl (C=O) groups excluding carboxylic acids is 2. The lowest BCUT2D eigenvalue weighted by Crippen LogP contribution is -2.46. The van der Waals surface area contributed by atoms with Crippen molar-refractivity contribution in [2.45, 2.75) is 64.6 Å². The van der Waals surface area contributed by atoms with E-state index >= 15 is 0 Å². The number of amides is 1. The molecule has 0 aliphatic carbocycles. The molecule has 4 aromatic rings. The van der Waals surface area contributed by atoms with E-state index in [4.69, 9.17) is 15.2 Å². The number of nitrogens with zero attached hydrogens (tertiary/aromatic N) is 4. The van der Waals surface area contributed by atoms with E-state index in [2.05, 4.69) is 20.3 Å². The quantitative estimate of drug-likeness (QED) is 0.106. The van der Waals surface area contributed by atoms with Gasteiger partial charge in [-0.3, -0.25) is 14.5 Å². The number of anilines is 1. The van der Waals surface area contributed by atoms with Gasteiger partial charge < -0.3 is 30.6 Å². The fourth-order valence-electron chi connectivity index (χ4n) is 5.12. The number of aliphatic hydroxyl groups excluding tert-OH is 1. The van der Waals surface area contributed by atoms with Crippen LogP contribution in [0.25, 0.3) is 16.9 Å². The standard InChI is InChI=1S/C33H43N7O6/c1-5-7-16-46-32-37-29(34)28-30(38-32)40(33(44)36-28)24-11-8-10-23(18-24)26(41)20-39(3)25(9-6-2)31(43)35-19-22-14-12-21(13-15-22)17-27(42)45-4/h8,10-15,18,25-26,41H,5-7,9,16-17,19-20H2,1-4H3,(H,35,43)(H,36,44)(H2,34,37,38). The first-order valence-corrected chi connectivity index (χ1v) is 15.5. The molecule has 0 saturated carbocycles. The first kappa shape index (κ1) is 34.1. The Hall–Kier alpha value is -4.75. The summed E-state index contributed by atoms with van der Waals surface area (Å²) in [6.07, 6.45) is 2.37. The summed E-state index contributed by atoms with van der Waals surface area (Å²) in [5, 5.41) is 14.2. The van der Waals surface area contributed by atoms with Gasteiger partial charge in [0.2, 0.25) is 5.91 Å². The van der Waals surface area contributed by atoms with Crippen molar-refractivity contribution in [2.75, 3.05) is 33.0 Å². The fourth-order valence-corrected chi connectivity index (χ4v) is 5.12. The van der Waals surface area contributed by atoms with Crippen molar-refractivity contribution in [3.8, 4) is 11.7 Å². The molecule has 2 atom stereocenters. The number of H-pyrrole nitrogens is 1. The van der Waals surface area contributed by atoms with Gasteiger partial charge >= 0.3 is 17.7 Å². The lowest BCUT2D eigenvalue weighted by Gasteiger charge is -2.29. The highest BCUT2D eigenvalue weighted by Gasteiger charge is 2.25. The molecule has 2 aromatic carbocycles. The van der Waals surface area contributed by atoms with Crippen LogP contribution in [0, 0.1) is 0 Å². The van der Waals surface area contributed by atoms with E-state index in [0.717, 1.165) is 30.4 Å². The largest absolute Gasteiger partial charge is 0.469 e. The summed E-state index contributed by atoms with van der Waals surface area (Å²) >= 11 is 0. The number of ether oxygens (including phenoxy) is 2. The molecule has 2 unspecified atom stereocenters. The Morgan fingerprint density at radius 2 is 1.85 bits per heavy atom. The van der Waals surface area contributed by atoms with Crippen LogP contribution in [0.15, 0.2) is 53.3 Å². The van der Waals surface area contributed by atoms with Crippen LogP contribution in [0.3, 0.4) is 0 Å². The maximum atomic E-state index is 13.3. The van der Waals surface area contributed by atoms with Gasteiger partial charge in [0.15, 0.2) is 11.5 Å². The lowest BCUT2D eigenvalue weighted by atomic mass is 10.1. The Bertz CT molecular complexity index is 1680. The summed E-state index contributed by atoms with van der Waals surface area (Å²) in [4.78, 5) is 50.9. The maximum absolute atomic E-state index is 13.3. The third kappa shape index (κ3) is 8.49. The smallest absolute Gasteiger partial charge is 0.332 e. The van der Waals surface area contributed by atoms with Crippen LogP contribution < -0.4 is 21.5 Å². The molecule has 2 heterocycles. The van der Waals surface area contributed by atoms with Crippen molar-refractivity contribution in [1.29, 1.82) is 0 Å². The number of unbranched alkanes of at least 4 members (excludes halogenated alkanes) is 1. The lowest BCUT2D eigenvalue weighted by molar-refractivity contribution is -0.139. The third-order valence-corrected chi connectivity index (χ3v) is 7.71. The van der Waals surface area contributed by atoms with Gasteiger partial charge in [0.05, 0.1) is 38.0 Å². The monoisotopic (exact) mass is 633 g/mol. The van der Waals surface area contributed by atoms with Crippen LogP contribution in [0.5, 0.6) is 6.01 Å². The molecule has 13 nitrogen and oxygen atoms in total. The SMILES string of the molecule is CCCCOc1nc(N)c2[nH]c(=O)n(-c3cccc(C(O)CN(C)C(CCC)C(=O)NCc4ccc(CC(=O)OC)cc4)c3)c2n1. The summed E-state index contributed by atoms with van der Waals surface area (Å²) in [5.74, 6) is -0.363. The molecular formula is C33H43N7O6. The van der Waals surface area contributed by atoms with Crippen LogP contribution in [0.2, 0.25) is 0 Å². The van der Waals surface area contributed by atoms with Gasteiger partial charge in [-0.05, 0) is 48.7 Å². The number of hydrogen-bond acceptors (Lipinski definition) is 10. The Morgan fingerprint density at radius 3 is 2.54 bits per heavy atom. The zero-order valence-corrected chi connectivity index (χ0v) is 26.8. The van der Waals surface area contributed by atoms with Crippen molar-refractivity contribution < 1.29 is 24.2 Å². The number of rotatable bonds is 16. The number of nitrogen functional groups attached to an aromatic ring is 1. The number of likely N-dealkylation sites (N-methyl/N-ethyl adjacent to an activating group) is 1. The van der Waals surface area contributed by atoms with Crippen LogP contribution in [-0.4, -0.2) is 74.8 Å². The zero-order valence-electron chi connectivity index (χ0n) is 26.8. The van der Waals surface area contributed by atoms with Crippen molar-refractivity contribution in [2.24, 2.45) is 0 Å². The van der Waals surface area contributed by atoms with Gasteiger partial charge in [-0.2, -0.15) is 9.97 Å². The average molecular weight is 634 g/mol. The molecule has 2 aromatic heterocycles. The molecule has 0 radical (unpaired) electrons. The number of benzene rings is 2. The maximum Gasteiger partial charge on any atom is 0.332 e. The van der Waals surface area contributed by atoms with E-state index in [0.29, 0.717) is 36.3 Å². The molecule has 246 valence electrons. The highest BCUT2D eigenvalue weighted by molar-refractivity contribution is 5.83. The van der Waals surface area contributed by atoms with Crippen molar-refractivity contribution in [1.82, 2.24) is 29.7 Å². The Balaban J connectivity index is 1.46. The summed E-state index contributed by atoms with van der Waals surface area (Å²) in [6.45, 7) is 4.98. The van der Waals surface area contributed by atoms with Gasteiger partial charge in [-0.25, -0.2) is 9.36 Å². The fraction of sp³-hybridized carbons (Fsp3) is 0.424. The second-order valence-electron chi connectivity index (χ2n) is 11.2. The Labute approximate surface area is 267 Å². The van der Waals surface area contributed by atoms with Crippen LogP contribution in [0.4, 0.5) is 5.82 Å². The van der Waals surface area contributed by atoms with Gasteiger partial charge in [-0.1, -0.05) is 63.1 Å². The number of carbonyl (C=O) groups is 2. The van der Waals surface area contributed by atoms with Gasteiger partial charge in [-0.15, -0.1) is 0 Å². The van der Waals surface area contributed by atoms with E-state index in [-0.39, 0.29) is 42.3 Å². The molecule has 0 aliphatic heterocycles. The number of nitrogens with two attached hydrogens (primary N) is 1. The van der Waals surface area contributed by atoms with Crippen molar-refractivity contribution in [3.63, 3.8) is 0 Å². The molecule has 0 saturated heterocycles. The number of fused-ring (bicyclic) bond motifs is 1. The molecule has 0 fully saturated rings. The number of esters is 1. The second kappa shape index (κ2) is 16.0. The molecule has 46 heavy (non-hydrogen) atoms. The van der Waals surface area contributed by atoms with Crippen molar-refractivity contribution >= 4 is 28.9 Å². The minimum absolute atomic E-state index is 0.0832. The summed E-state index contributed by atoms with van der Waals surface area (Å²) < 4.78 is 11.7. The van der Waals surface area contributed by atoms with E-state index in [1.807, 2.05) is 43.0 Å². The first-order valence-electron chi connectivity index (χ1n) is 15.5. The molecule has 0 aliphatic rings. The molecule has 0 bridgehead atoms. The Morgan fingerprint density at radius 1 is 1.11 bits per heavy atom. The third-order valence-electron chi connectivity index (χ3n) is 7.71. The van der Waals surface area contributed by atoms with E-state index in [9.17, 15) is 19.5 Å². The van der Waals surface area contributed by atoms with Crippen LogP contribution in [0.1, 0.15) is 62.3 Å². The zero-order chi connectivity index (χ0) is 33.2. The number of aliphatic hydroxyl groups is 1. The Kier molecular flexibility index (Phi) is 11.9. The molecule has 1 amide bonds. The molecule has 0 spiro atoms. The summed E-state index contributed by atoms with van der Waals surface area (Å²) in [7, 11) is 3.16. The average Bonchev–Trinajstić information content (AvgIpc) is 3.39. The van der Waals surface area contributed by atoms with Crippen LogP contribution in [-0.2, 0) is 27.3 Å². The van der Waals surface area contributed by atoms with E-state index in [1.54, 1.807) is 31.3 Å². The van der Waals surface area contributed by atoms with Crippen molar-refractivity contribution in [3.05, 3.63) is 75.7 Å². The van der Waals surface area contributed by atoms with Gasteiger partial charge in [0.1, 0.15) is 5.52 Å². The number of hydrogen-bond donors (Lipinski definition) is 4. The van der Waals surface area contributed by atoms with Gasteiger partial charge in [0, 0.05) is 13.1 Å². The normalized spacial score (nSPS) is 12.7. The summed E-state index contributed by atoms with van der Waals surface area (Å²) in [5.41, 5.74) is 8.99. The topological polar surface area (TPSA) is 178 Å². The number of methoxy groups -OCH3 is 1.